The highest BCUT2D eigenvalue weighted by Crippen LogP contribution is 2.27. The van der Waals surface area contributed by atoms with E-state index in [-0.39, 0.29) is 6.03 Å². The molecule has 0 saturated carbocycles. The van der Waals surface area contributed by atoms with Gasteiger partial charge in [-0.1, -0.05) is 24.3 Å². The highest BCUT2D eigenvalue weighted by atomic mass is 16.5. The van der Waals surface area contributed by atoms with Gasteiger partial charge in [0.1, 0.15) is 0 Å². The van der Waals surface area contributed by atoms with Crippen LogP contribution in [0.2, 0.25) is 0 Å². The monoisotopic (exact) mass is 353 g/mol. The number of nitrogens with zero attached hydrogens (tertiary/aromatic N) is 1. The number of anilines is 1. The van der Waals surface area contributed by atoms with Crippen molar-refractivity contribution in [1.29, 1.82) is 0 Å². The van der Waals surface area contributed by atoms with Crippen molar-refractivity contribution in [3.63, 3.8) is 0 Å². The molecule has 1 heterocycles. The van der Waals surface area contributed by atoms with Gasteiger partial charge in [0.05, 0.1) is 19.9 Å². The summed E-state index contributed by atoms with van der Waals surface area (Å²) in [7, 11) is 5.18. The van der Waals surface area contributed by atoms with Gasteiger partial charge >= 0.3 is 6.03 Å². The number of hydrogen-bond acceptors (Lipinski definition) is 3. The Morgan fingerprint density at radius 2 is 1.85 bits per heavy atom. The fourth-order valence-corrected chi connectivity index (χ4v) is 2.96. The Morgan fingerprint density at radius 1 is 1.08 bits per heavy atom. The molecule has 0 aliphatic carbocycles. The predicted molar refractivity (Wildman–Crippen MR) is 103 cm³/mol. The number of aromatic nitrogens is 1. The van der Waals surface area contributed by atoms with E-state index in [4.69, 9.17) is 9.47 Å². The topological polar surface area (TPSA) is 64.5 Å². The second-order valence-electron chi connectivity index (χ2n) is 5.99. The molecule has 0 bridgehead atoms. The van der Waals surface area contributed by atoms with Crippen LogP contribution in [0.3, 0.4) is 0 Å². The molecule has 3 rings (SSSR count). The minimum Gasteiger partial charge on any atom is -0.493 e. The van der Waals surface area contributed by atoms with E-state index in [0.29, 0.717) is 24.5 Å². The molecule has 0 fully saturated rings. The lowest BCUT2D eigenvalue weighted by molar-refractivity contribution is 0.252. The number of rotatable bonds is 6. The Morgan fingerprint density at radius 3 is 2.62 bits per heavy atom. The van der Waals surface area contributed by atoms with Crippen LogP contribution >= 0.6 is 0 Å². The minimum atomic E-state index is -0.221. The number of aryl methyl sites for hydroxylation is 1. The standard InChI is InChI=1S/C20H23N3O3/c1-23-13-16(15-6-4-5-7-17(15)23)22-20(24)21-11-10-14-8-9-18(25-2)19(12-14)26-3/h4-9,12-13H,10-11H2,1-3H3,(H2,21,22,24). The summed E-state index contributed by atoms with van der Waals surface area (Å²) in [5.74, 6) is 1.38. The molecular weight excluding hydrogens is 330 g/mol. The van der Waals surface area contributed by atoms with Crippen LogP contribution in [0.15, 0.2) is 48.7 Å². The molecule has 2 amide bonds. The van der Waals surface area contributed by atoms with E-state index in [0.717, 1.165) is 22.2 Å². The highest BCUT2D eigenvalue weighted by molar-refractivity contribution is 6.01. The molecule has 6 nitrogen and oxygen atoms in total. The average molecular weight is 353 g/mol. The fraction of sp³-hybridized carbons (Fsp3) is 0.250. The maximum absolute atomic E-state index is 12.2. The first-order chi connectivity index (χ1) is 12.6. The van der Waals surface area contributed by atoms with Gasteiger partial charge in [-0.2, -0.15) is 0 Å². The summed E-state index contributed by atoms with van der Waals surface area (Å²) in [6.45, 7) is 0.520. The number of para-hydroxylation sites is 1. The second-order valence-corrected chi connectivity index (χ2v) is 5.99. The second kappa shape index (κ2) is 7.82. The number of urea groups is 1. The average Bonchev–Trinajstić information content (AvgIpc) is 2.97. The molecule has 0 spiro atoms. The zero-order valence-electron chi connectivity index (χ0n) is 15.2. The number of benzene rings is 2. The van der Waals surface area contributed by atoms with Gasteiger partial charge in [-0.15, -0.1) is 0 Å². The van der Waals surface area contributed by atoms with E-state index in [9.17, 15) is 4.79 Å². The van der Waals surface area contributed by atoms with Crippen molar-refractivity contribution in [1.82, 2.24) is 9.88 Å². The van der Waals surface area contributed by atoms with Crippen LogP contribution in [-0.4, -0.2) is 31.4 Å². The van der Waals surface area contributed by atoms with Gasteiger partial charge in [0, 0.05) is 30.7 Å². The van der Waals surface area contributed by atoms with Crippen LogP contribution in [0.1, 0.15) is 5.56 Å². The van der Waals surface area contributed by atoms with E-state index in [2.05, 4.69) is 10.6 Å². The summed E-state index contributed by atoms with van der Waals surface area (Å²) in [6.07, 6.45) is 2.61. The van der Waals surface area contributed by atoms with Gasteiger partial charge in [0.25, 0.3) is 0 Å². The third kappa shape index (κ3) is 3.74. The van der Waals surface area contributed by atoms with Crippen molar-refractivity contribution in [2.45, 2.75) is 6.42 Å². The van der Waals surface area contributed by atoms with Crippen LogP contribution in [0.25, 0.3) is 10.9 Å². The van der Waals surface area contributed by atoms with Crippen molar-refractivity contribution in [3.05, 3.63) is 54.2 Å². The summed E-state index contributed by atoms with van der Waals surface area (Å²) in [4.78, 5) is 12.2. The van der Waals surface area contributed by atoms with Gasteiger partial charge in [-0.25, -0.2) is 4.79 Å². The Balaban J connectivity index is 1.57. The lowest BCUT2D eigenvalue weighted by atomic mass is 10.1. The zero-order chi connectivity index (χ0) is 18.5. The first-order valence-corrected chi connectivity index (χ1v) is 8.42. The molecule has 0 aliphatic heterocycles. The summed E-state index contributed by atoms with van der Waals surface area (Å²) in [6, 6.07) is 13.5. The lowest BCUT2D eigenvalue weighted by Crippen LogP contribution is -2.30. The zero-order valence-corrected chi connectivity index (χ0v) is 15.2. The Kier molecular flexibility index (Phi) is 5.31. The van der Waals surface area contributed by atoms with Gasteiger partial charge in [0.15, 0.2) is 11.5 Å². The maximum Gasteiger partial charge on any atom is 0.319 e. The largest absolute Gasteiger partial charge is 0.493 e. The number of nitrogens with one attached hydrogen (secondary N) is 2. The van der Waals surface area contributed by atoms with Gasteiger partial charge in [-0.05, 0) is 30.2 Å². The third-order valence-electron chi connectivity index (χ3n) is 4.29. The first kappa shape index (κ1) is 17.7. The van der Waals surface area contributed by atoms with Crippen molar-refractivity contribution in [2.24, 2.45) is 7.05 Å². The fourth-order valence-electron chi connectivity index (χ4n) is 2.96. The van der Waals surface area contributed by atoms with Crippen molar-refractivity contribution < 1.29 is 14.3 Å². The summed E-state index contributed by atoms with van der Waals surface area (Å²) in [5, 5.41) is 6.82. The van der Waals surface area contributed by atoms with Gasteiger partial charge in [0.2, 0.25) is 0 Å². The van der Waals surface area contributed by atoms with Crippen LogP contribution in [-0.2, 0) is 13.5 Å². The van der Waals surface area contributed by atoms with Crippen LogP contribution in [0, 0.1) is 0 Å². The number of fused-ring (bicyclic) bond motifs is 1. The third-order valence-corrected chi connectivity index (χ3v) is 4.29. The predicted octanol–water partition coefficient (Wildman–Crippen LogP) is 3.56. The molecular formula is C20H23N3O3. The number of carbonyl (C=O) groups excluding carboxylic acids is 1. The summed E-state index contributed by atoms with van der Waals surface area (Å²) >= 11 is 0. The highest BCUT2D eigenvalue weighted by Gasteiger charge is 2.09. The number of carbonyl (C=O) groups is 1. The van der Waals surface area contributed by atoms with Crippen LogP contribution in [0.4, 0.5) is 10.5 Å². The SMILES string of the molecule is COc1ccc(CCNC(=O)Nc2cn(C)c3ccccc23)cc1OC. The van der Waals surface area contributed by atoms with E-state index in [1.54, 1.807) is 14.2 Å². The molecule has 1 aromatic heterocycles. The van der Waals surface area contributed by atoms with Crippen molar-refractivity contribution >= 4 is 22.6 Å². The summed E-state index contributed by atoms with van der Waals surface area (Å²) in [5.41, 5.74) is 2.94. The van der Waals surface area contributed by atoms with E-state index in [1.165, 1.54) is 0 Å². The minimum absolute atomic E-state index is 0.221. The molecule has 0 atom stereocenters. The molecule has 2 aromatic carbocycles. The number of methoxy groups -OCH3 is 2. The van der Waals surface area contributed by atoms with Crippen molar-refractivity contribution in [3.8, 4) is 11.5 Å². The Labute approximate surface area is 152 Å². The van der Waals surface area contributed by atoms with Gasteiger partial charge in [-0.3, -0.25) is 0 Å². The van der Waals surface area contributed by atoms with Crippen molar-refractivity contribution in [2.75, 3.05) is 26.1 Å². The van der Waals surface area contributed by atoms with Crippen LogP contribution in [0.5, 0.6) is 11.5 Å². The number of ether oxygens (including phenoxy) is 2. The molecule has 0 radical (unpaired) electrons. The van der Waals surface area contributed by atoms with Crippen LogP contribution < -0.4 is 20.1 Å². The Bertz CT molecular complexity index is 918. The summed E-state index contributed by atoms with van der Waals surface area (Å²) < 4.78 is 12.5. The number of hydrogen-bond donors (Lipinski definition) is 2. The van der Waals surface area contributed by atoms with E-state index in [1.807, 2.05) is 60.3 Å². The number of amides is 2. The molecule has 26 heavy (non-hydrogen) atoms. The lowest BCUT2D eigenvalue weighted by Gasteiger charge is -2.10. The molecule has 0 unspecified atom stereocenters. The van der Waals surface area contributed by atoms with E-state index >= 15 is 0 Å². The molecule has 2 N–H and O–H groups in total. The molecule has 6 heteroatoms. The first-order valence-electron chi connectivity index (χ1n) is 8.42. The smallest absolute Gasteiger partial charge is 0.319 e. The quantitative estimate of drug-likeness (QED) is 0.712. The maximum atomic E-state index is 12.2. The molecule has 136 valence electrons. The molecule has 0 saturated heterocycles. The molecule has 0 aliphatic rings. The normalized spacial score (nSPS) is 10.6. The van der Waals surface area contributed by atoms with E-state index < -0.39 is 0 Å². The Hall–Kier alpha value is -3.15. The molecule has 3 aromatic rings. The van der Waals surface area contributed by atoms with Gasteiger partial charge < -0.3 is 24.7 Å².